The second-order valence-electron chi connectivity index (χ2n) is 6.19. The Morgan fingerprint density at radius 3 is 2.80 bits per heavy atom. The fraction of sp³-hybridized carbons (Fsp3) is 0.667. The summed E-state index contributed by atoms with van der Waals surface area (Å²) in [5, 5.41) is 3.48. The molecule has 1 atom stereocenters. The van der Waals surface area contributed by atoms with Gasteiger partial charge in [-0.2, -0.15) is 0 Å². The highest BCUT2D eigenvalue weighted by Crippen LogP contribution is 2.29. The van der Waals surface area contributed by atoms with Crippen molar-refractivity contribution >= 4 is 5.69 Å². The van der Waals surface area contributed by atoms with E-state index in [0.717, 1.165) is 19.0 Å². The van der Waals surface area contributed by atoms with Gasteiger partial charge in [0.25, 0.3) is 0 Å². The maximum Gasteiger partial charge on any atom is 0.0396 e. The molecule has 0 spiro atoms. The van der Waals surface area contributed by atoms with Gasteiger partial charge in [0.2, 0.25) is 0 Å². The predicted octanol–water partition coefficient (Wildman–Crippen LogP) is 4.12. The van der Waals surface area contributed by atoms with Crippen LogP contribution in [-0.2, 0) is 6.54 Å². The number of nitrogens with one attached hydrogen (secondary N) is 1. The third-order valence-corrected chi connectivity index (χ3v) is 4.34. The summed E-state index contributed by atoms with van der Waals surface area (Å²) in [4.78, 5) is 2.58. The zero-order chi connectivity index (χ0) is 14.4. The average Bonchev–Trinajstić information content (AvgIpc) is 2.88. The van der Waals surface area contributed by atoms with Crippen molar-refractivity contribution in [3.8, 4) is 0 Å². The minimum atomic E-state index is 0.908. The fourth-order valence-electron chi connectivity index (χ4n) is 3.29. The first-order valence-corrected chi connectivity index (χ1v) is 8.29. The van der Waals surface area contributed by atoms with Crippen LogP contribution in [0, 0.1) is 12.8 Å². The maximum absolute atomic E-state index is 3.48. The number of hydrogen-bond acceptors (Lipinski definition) is 2. The molecular weight excluding hydrogens is 244 g/mol. The van der Waals surface area contributed by atoms with Gasteiger partial charge in [-0.25, -0.2) is 0 Å². The van der Waals surface area contributed by atoms with Crippen molar-refractivity contribution < 1.29 is 0 Å². The van der Waals surface area contributed by atoms with Crippen LogP contribution in [0.3, 0.4) is 0 Å². The highest BCUT2D eigenvalue weighted by atomic mass is 15.2. The molecule has 1 aromatic rings. The van der Waals surface area contributed by atoms with Crippen molar-refractivity contribution in [3.63, 3.8) is 0 Å². The molecule has 1 saturated heterocycles. The van der Waals surface area contributed by atoms with Gasteiger partial charge in [-0.15, -0.1) is 0 Å². The second-order valence-corrected chi connectivity index (χ2v) is 6.19. The largest absolute Gasteiger partial charge is 0.371 e. The molecule has 1 heterocycles. The Labute approximate surface area is 124 Å². The lowest BCUT2D eigenvalue weighted by molar-refractivity contribution is 0.530. The van der Waals surface area contributed by atoms with E-state index >= 15 is 0 Å². The van der Waals surface area contributed by atoms with Gasteiger partial charge in [-0.05, 0) is 55.8 Å². The van der Waals surface area contributed by atoms with Crippen molar-refractivity contribution in [1.82, 2.24) is 5.32 Å². The average molecular weight is 274 g/mol. The topological polar surface area (TPSA) is 15.3 Å². The lowest BCUT2D eigenvalue weighted by atomic mass is 10.0. The summed E-state index contributed by atoms with van der Waals surface area (Å²) in [7, 11) is 0. The van der Waals surface area contributed by atoms with Gasteiger partial charge in [0.05, 0.1) is 0 Å². The molecule has 1 N–H and O–H groups in total. The summed E-state index contributed by atoms with van der Waals surface area (Å²) < 4.78 is 0. The summed E-state index contributed by atoms with van der Waals surface area (Å²) in [6, 6.07) is 6.97. The number of nitrogens with zero attached hydrogens (tertiary/aromatic N) is 1. The van der Waals surface area contributed by atoms with E-state index in [1.807, 2.05) is 0 Å². The van der Waals surface area contributed by atoms with Crippen LogP contribution >= 0.6 is 0 Å². The Bertz CT molecular complexity index is 414. The molecule has 1 aliphatic rings. The number of anilines is 1. The summed E-state index contributed by atoms with van der Waals surface area (Å²) >= 11 is 0. The first kappa shape index (κ1) is 15.4. The molecule has 112 valence electrons. The predicted molar refractivity (Wildman–Crippen MR) is 88.4 cm³/mol. The van der Waals surface area contributed by atoms with Crippen molar-refractivity contribution in [3.05, 3.63) is 29.3 Å². The molecule has 0 saturated carbocycles. The molecule has 1 unspecified atom stereocenters. The Morgan fingerprint density at radius 2 is 2.10 bits per heavy atom. The monoisotopic (exact) mass is 274 g/mol. The zero-order valence-corrected chi connectivity index (χ0v) is 13.4. The van der Waals surface area contributed by atoms with Gasteiger partial charge in [-0.1, -0.05) is 32.4 Å². The summed E-state index contributed by atoms with van der Waals surface area (Å²) in [5.74, 6) is 0.908. The Balaban J connectivity index is 1.96. The van der Waals surface area contributed by atoms with E-state index in [1.165, 1.54) is 55.6 Å². The van der Waals surface area contributed by atoms with E-state index in [2.05, 4.69) is 49.2 Å². The Kier molecular flexibility index (Phi) is 5.90. The van der Waals surface area contributed by atoms with Crippen molar-refractivity contribution in [2.24, 2.45) is 5.92 Å². The molecule has 20 heavy (non-hydrogen) atoms. The van der Waals surface area contributed by atoms with Gasteiger partial charge in [0, 0.05) is 25.3 Å². The van der Waals surface area contributed by atoms with E-state index in [-0.39, 0.29) is 0 Å². The van der Waals surface area contributed by atoms with Crippen molar-refractivity contribution in [2.75, 3.05) is 24.5 Å². The standard InChI is InChI=1S/C18H30N2/c1-4-6-16-9-11-20(14-16)18-8-7-17(12-15(18)3)13-19-10-5-2/h7-8,12,16,19H,4-6,9-11,13-14H2,1-3H3. The van der Waals surface area contributed by atoms with E-state index in [0.29, 0.717) is 0 Å². The molecule has 1 fully saturated rings. The van der Waals surface area contributed by atoms with E-state index in [1.54, 1.807) is 0 Å². The van der Waals surface area contributed by atoms with Crippen LogP contribution in [0.4, 0.5) is 5.69 Å². The quantitative estimate of drug-likeness (QED) is 0.752. The van der Waals surface area contributed by atoms with Crippen molar-refractivity contribution in [2.45, 2.75) is 53.0 Å². The van der Waals surface area contributed by atoms with E-state index in [4.69, 9.17) is 0 Å². The molecule has 1 aromatic carbocycles. The fourth-order valence-corrected chi connectivity index (χ4v) is 3.29. The highest BCUT2D eigenvalue weighted by Gasteiger charge is 2.22. The second kappa shape index (κ2) is 7.68. The summed E-state index contributed by atoms with van der Waals surface area (Å²) in [6.07, 6.45) is 5.27. The smallest absolute Gasteiger partial charge is 0.0396 e. The van der Waals surface area contributed by atoms with Crippen LogP contribution in [0.5, 0.6) is 0 Å². The van der Waals surface area contributed by atoms with Gasteiger partial charge in [0.15, 0.2) is 0 Å². The normalized spacial score (nSPS) is 18.8. The molecule has 0 bridgehead atoms. The molecule has 1 aliphatic heterocycles. The lowest BCUT2D eigenvalue weighted by Gasteiger charge is -2.21. The van der Waals surface area contributed by atoms with Gasteiger partial charge in [0.1, 0.15) is 0 Å². The minimum Gasteiger partial charge on any atom is -0.371 e. The first-order chi connectivity index (χ1) is 9.74. The Morgan fingerprint density at radius 1 is 1.25 bits per heavy atom. The molecule has 2 nitrogen and oxygen atoms in total. The van der Waals surface area contributed by atoms with Crippen LogP contribution in [0.1, 0.15) is 50.7 Å². The molecule has 0 aliphatic carbocycles. The number of benzene rings is 1. The molecular formula is C18H30N2. The molecule has 2 rings (SSSR count). The first-order valence-electron chi connectivity index (χ1n) is 8.29. The van der Waals surface area contributed by atoms with Gasteiger partial charge >= 0.3 is 0 Å². The number of hydrogen-bond donors (Lipinski definition) is 1. The van der Waals surface area contributed by atoms with E-state index in [9.17, 15) is 0 Å². The number of aryl methyl sites for hydroxylation is 1. The van der Waals surface area contributed by atoms with Crippen LogP contribution in [0.15, 0.2) is 18.2 Å². The maximum atomic E-state index is 3.48. The molecule has 0 radical (unpaired) electrons. The minimum absolute atomic E-state index is 0.908. The van der Waals surface area contributed by atoms with Gasteiger partial charge < -0.3 is 10.2 Å². The highest BCUT2D eigenvalue weighted by molar-refractivity contribution is 5.55. The van der Waals surface area contributed by atoms with Gasteiger partial charge in [-0.3, -0.25) is 0 Å². The third kappa shape index (κ3) is 3.99. The lowest BCUT2D eigenvalue weighted by Crippen LogP contribution is -2.21. The molecule has 0 amide bonds. The zero-order valence-electron chi connectivity index (χ0n) is 13.4. The Hall–Kier alpha value is -1.02. The van der Waals surface area contributed by atoms with Crippen LogP contribution in [-0.4, -0.2) is 19.6 Å². The van der Waals surface area contributed by atoms with Crippen LogP contribution in [0.2, 0.25) is 0 Å². The third-order valence-electron chi connectivity index (χ3n) is 4.34. The number of rotatable bonds is 7. The van der Waals surface area contributed by atoms with Crippen LogP contribution < -0.4 is 10.2 Å². The molecule has 2 heteroatoms. The van der Waals surface area contributed by atoms with Crippen molar-refractivity contribution in [1.29, 1.82) is 0 Å². The SMILES string of the molecule is CCCNCc1ccc(N2CCC(CCC)C2)c(C)c1. The van der Waals surface area contributed by atoms with Crippen LogP contribution in [0.25, 0.3) is 0 Å². The summed E-state index contributed by atoms with van der Waals surface area (Å²) in [5.41, 5.74) is 4.28. The van der Waals surface area contributed by atoms with E-state index < -0.39 is 0 Å². The summed E-state index contributed by atoms with van der Waals surface area (Å²) in [6.45, 7) is 11.3. The molecule has 0 aromatic heterocycles.